The van der Waals surface area contributed by atoms with Crippen LogP contribution < -0.4 is 4.74 Å². The predicted molar refractivity (Wildman–Crippen MR) is 82.5 cm³/mol. The highest BCUT2D eigenvalue weighted by Crippen LogP contribution is 2.23. The lowest BCUT2D eigenvalue weighted by Gasteiger charge is -2.31. The molecule has 1 aliphatic heterocycles. The number of hydrogen-bond acceptors (Lipinski definition) is 3. The van der Waals surface area contributed by atoms with E-state index in [2.05, 4.69) is 17.0 Å². The Morgan fingerprint density at radius 1 is 1.29 bits per heavy atom. The second-order valence-electron chi connectivity index (χ2n) is 5.73. The van der Waals surface area contributed by atoms with Crippen LogP contribution in [0.3, 0.4) is 0 Å². The fourth-order valence-corrected chi connectivity index (χ4v) is 2.88. The molecule has 116 valence electrons. The quantitative estimate of drug-likeness (QED) is 0.838. The molecule has 0 spiro atoms. The van der Waals surface area contributed by atoms with Gasteiger partial charge in [-0.05, 0) is 62.9 Å². The topological polar surface area (TPSA) is 49.8 Å². The number of rotatable bonds is 7. The smallest absolute Gasteiger partial charge is 0.303 e. The Kier molecular flexibility index (Phi) is 6.05. The van der Waals surface area contributed by atoms with Crippen molar-refractivity contribution in [3.63, 3.8) is 0 Å². The molecule has 1 N–H and O–H groups in total. The normalized spacial score (nSPS) is 16.8. The molecule has 4 heteroatoms. The van der Waals surface area contributed by atoms with Crippen molar-refractivity contribution in [3.05, 3.63) is 29.8 Å². The fraction of sp³-hybridized carbons (Fsp3) is 0.588. The summed E-state index contributed by atoms with van der Waals surface area (Å²) in [7, 11) is 0. The van der Waals surface area contributed by atoms with E-state index in [1.165, 1.54) is 5.56 Å². The lowest BCUT2D eigenvalue weighted by atomic mass is 9.92. The predicted octanol–water partition coefficient (Wildman–Crippen LogP) is 3.16. The molecule has 0 radical (unpaired) electrons. The Morgan fingerprint density at radius 2 is 1.95 bits per heavy atom. The van der Waals surface area contributed by atoms with Crippen LogP contribution in [-0.2, 0) is 11.3 Å². The molecule has 0 atom stereocenters. The summed E-state index contributed by atoms with van der Waals surface area (Å²) < 4.78 is 5.45. The number of carboxylic acids is 1. The number of likely N-dealkylation sites (tertiary alicyclic amines) is 1. The number of carbonyl (C=O) groups is 1. The van der Waals surface area contributed by atoms with Crippen molar-refractivity contribution in [2.24, 2.45) is 5.92 Å². The molecular weight excluding hydrogens is 266 g/mol. The van der Waals surface area contributed by atoms with Gasteiger partial charge in [0.2, 0.25) is 0 Å². The highest BCUT2D eigenvalue weighted by molar-refractivity contribution is 5.66. The largest absolute Gasteiger partial charge is 0.494 e. The highest BCUT2D eigenvalue weighted by Gasteiger charge is 2.19. The van der Waals surface area contributed by atoms with Gasteiger partial charge in [0.15, 0.2) is 0 Å². The van der Waals surface area contributed by atoms with Crippen molar-refractivity contribution in [2.45, 2.75) is 39.2 Å². The Hall–Kier alpha value is -1.55. The Morgan fingerprint density at radius 3 is 2.52 bits per heavy atom. The molecule has 1 aromatic carbocycles. The first-order valence-electron chi connectivity index (χ1n) is 7.83. The van der Waals surface area contributed by atoms with Crippen molar-refractivity contribution in [1.82, 2.24) is 4.90 Å². The van der Waals surface area contributed by atoms with Crippen molar-refractivity contribution < 1.29 is 14.6 Å². The maximum atomic E-state index is 10.6. The maximum Gasteiger partial charge on any atom is 0.303 e. The van der Waals surface area contributed by atoms with Crippen LogP contribution in [0.2, 0.25) is 0 Å². The molecule has 0 aliphatic carbocycles. The summed E-state index contributed by atoms with van der Waals surface area (Å²) in [6.07, 6.45) is 3.37. The highest BCUT2D eigenvalue weighted by atomic mass is 16.5. The zero-order valence-corrected chi connectivity index (χ0v) is 12.8. The molecule has 21 heavy (non-hydrogen) atoms. The SMILES string of the molecule is CCOc1ccc(CN2CCC(CCC(=O)O)CC2)cc1. The number of piperidine rings is 1. The van der Waals surface area contributed by atoms with Crippen molar-refractivity contribution in [1.29, 1.82) is 0 Å². The average molecular weight is 291 g/mol. The molecule has 0 aromatic heterocycles. The summed E-state index contributed by atoms with van der Waals surface area (Å²) in [6, 6.07) is 8.31. The minimum absolute atomic E-state index is 0.309. The van der Waals surface area contributed by atoms with Gasteiger partial charge in [0, 0.05) is 13.0 Å². The number of ether oxygens (including phenoxy) is 1. The molecular formula is C17H25NO3. The molecule has 0 amide bonds. The Bertz CT molecular complexity index is 436. The first-order valence-corrected chi connectivity index (χ1v) is 7.83. The van der Waals surface area contributed by atoms with E-state index in [9.17, 15) is 4.79 Å². The standard InChI is InChI=1S/C17H25NO3/c1-2-21-16-6-3-15(4-7-16)13-18-11-9-14(10-12-18)5-8-17(19)20/h3-4,6-7,14H,2,5,8-13H2,1H3,(H,19,20). The zero-order chi connectivity index (χ0) is 15.1. The zero-order valence-electron chi connectivity index (χ0n) is 12.8. The lowest BCUT2D eigenvalue weighted by Crippen LogP contribution is -2.33. The van der Waals surface area contributed by atoms with Crippen molar-refractivity contribution in [2.75, 3.05) is 19.7 Å². The summed E-state index contributed by atoms with van der Waals surface area (Å²) in [6.45, 7) is 5.79. The van der Waals surface area contributed by atoms with Gasteiger partial charge in [-0.25, -0.2) is 0 Å². The molecule has 1 aliphatic rings. The van der Waals surface area contributed by atoms with Gasteiger partial charge in [-0.2, -0.15) is 0 Å². The monoisotopic (exact) mass is 291 g/mol. The second-order valence-corrected chi connectivity index (χ2v) is 5.73. The second kappa shape index (κ2) is 8.03. The summed E-state index contributed by atoms with van der Waals surface area (Å²) in [5.74, 6) is 0.832. The van der Waals surface area contributed by atoms with Gasteiger partial charge in [0.25, 0.3) is 0 Å². The number of hydrogen-bond donors (Lipinski definition) is 1. The molecule has 1 aromatic rings. The number of benzene rings is 1. The van der Waals surface area contributed by atoms with Gasteiger partial charge >= 0.3 is 5.97 Å². The Balaban J connectivity index is 1.74. The molecule has 1 heterocycles. The lowest BCUT2D eigenvalue weighted by molar-refractivity contribution is -0.137. The fourth-order valence-electron chi connectivity index (χ4n) is 2.88. The molecule has 4 nitrogen and oxygen atoms in total. The van der Waals surface area contributed by atoms with E-state index in [0.29, 0.717) is 18.9 Å². The molecule has 1 fully saturated rings. The summed E-state index contributed by atoms with van der Waals surface area (Å²) in [4.78, 5) is 13.1. The van der Waals surface area contributed by atoms with E-state index in [4.69, 9.17) is 9.84 Å². The number of carboxylic acid groups (broad SMARTS) is 1. The summed E-state index contributed by atoms with van der Waals surface area (Å²) in [5, 5.41) is 8.73. The first kappa shape index (κ1) is 15.8. The van der Waals surface area contributed by atoms with Gasteiger partial charge in [-0.15, -0.1) is 0 Å². The molecule has 0 unspecified atom stereocenters. The van der Waals surface area contributed by atoms with E-state index in [1.807, 2.05) is 19.1 Å². The van der Waals surface area contributed by atoms with E-state index >= 15 is 0 Å². The average Bonchev–Trinajstić information content (AvgIpc) is 2.49. The third kappa shape index (κ3) is 5.38. The number of nitrogens with zero attached hydrogens (tertiary/aromatic N) is 1. The minimum Gasteiger partial charge on any atom is -0.494 e. The number of aliphatic carboxylic acids is 1. The van der Waals surface area contributed by atoms with E-state index < -0.39 is 5.97 Å². The van der Waals surface area contributed by atoms with Crippen LogP contribution in [0, 0.1) is 5.92 Å². The third-order valence-electron chi connectivity index (χ3n) is 4.11. The van der Waals surface area contributed by atoms with Crippen LogP contribution in [0.15, 0.2) is 24.3 Å². The van der Waals surface area contributed by atoms with Crippen LogP contribution in [0.1, 0.15) is 38.2 Å². The van der Waals surface area contributed by atoms with E-state index in [1.54, 1.807) is 0 Å². The molecule has 2 rings (SSSR count). The maximum absolute atomic E-state index is 10.6. The van der Waals surface area contributed by atoms with E-state index in [-0.39, 0.29) is 0 Å². The van der Waals surface area contributed by atoms with E-state index in [0.717, 1.165) is 44.6 Å². The first-order chi connectivity index (χ1) is 10.2. The molecule has 1 saturated heterocycles. The minimum atomic E-state index is -0.674. The summed E-state index contributed by atoms with van der Waals surface area (Å²) >= 11 is 0. The van der Waals surface area contributed by atoms with Crippen LogP contribution in [0.4, 0.5) is 0 Å². The van der Waals surface area contributed by atoms with Crippen molar-refractivity contribution in [3.8, 4) is 5.75 Å². The molecule has 0 saturated carbocycles. The van der Waals surface area contributed by atoms with Gasteiger partial charge in [-0.1, -0.05) is 12.1 Å². The van der Waals surface area contributed by atoms with Gasteiger partial charge in [0.1, 0.15) is 5.75 Å². The van der Waals surface area contributed by atoms with Crippen LogP contribution in [0.25, 0.3) is 0 Å². The van der Waals surface area contributed by atoms with Crippen LogP contribution >= 0.6 is 0 Å². The van der Waals surface area contributed by atoms with Crippen LogP contribution in [0.5, 0.6) is 5.75 Å². The van der Waals surface area contributed by atoms with Gasteiger partial charge < -0.3 is 9.84 Å². The molecule has 0 bridgehead atoms. The summed E-state index contributed by atoms with van der Waals surface area (Å²) in [5.41, 5.74) is 1.31. The van der Waals surface area contributed by atoms with Gasteiger partial charge in [0.05, 0.1) is 6.61 Å². The Labute approximate surface area is 126 Å². The van der Waals surface area contributed by atoms with Crippen LogP contribution in [-0.4, -0.2) is 35.7 Å². The third-order valence-corrected chi connectivity index (χ3v) is 4.11. The van der Waals surface area contributed by atoms with Crippen molar-refractivity contribution >= 4 is 5.97 Å². The van der Waals surface area contributed by atoms with Gasteiger partial charge in [-0.3, -0.25) is 9.69 Å².